The minimum atomic E-state index is -0.474. The van der Waals surface area contributed by atoms with Crippen LogP contribution in [0.2, 0.25) is 0 Å². The van der Waals surface area contributed by atoms with Crippen LogP contribution in [-0.2, 0) is 0 Å². The van der Waals surface area contributed by atoms with E-state index in [1.54, 1.807) is 9.80 Å². The topological polar surface area (TPSA) is 92.7 Å². The third kappa shape index (κ3) is 4.23. The fourth-order valence-corrected chi connectivity index (χ4v) is 4.42. The lowest BCUT2D eigenvalue weighted by Gasteiger charge is -2.22. The lowest BCUT2D eigenvalue weighted by molar-refractivity contribution is 0.255. The molecule has 2 heterocycles. The van der Waals surface area contributed by atoms with Gasteiger partial charge in [-0.1, -0.05) is 97.1 Å². The molecule has 6 heteroatoms. The number of amides is 4. The van der Waals surface area contributed by atoms with E-state index in [-0.39, 0.29) is 0 Å². The highest BCUT2D eigenvalue weighted by atomic mass is 16.2. The van der Waals surface area contributed by atoms with Gasteiger partial charge >= 0.3 is 12.1 Å². The number of carbonyl (C=O) groups excluding carboxylic acids is 2. The summed E-state index contributed by atoms with van der Waals surface area (Å²) in [5, 5.41) is 0. The molecule has 0 aliphatic carbocycles. The molecule has 0 unspecified atom stereocenters. The Labute approximate surface area is 209 Å². The number of hydrogen-bond donors (Lipinski definition) is 2. The average molecular weight is 473 g/mol. The highest BCUT2D eigenvalue weighted by molar-refractivity contribution is 6.05. The van der Waals surface area contributed by atoms with Crippen molar-refractivity contribution in [2.24, 2.45) is 11.5 Å². The van der Waals surface area contributed by atoms with Crippen molar-refractivity contribution in [1.82, 2.24) is 0 Å². The minimum Gasteiger partial charge on any atom is -0.351 e. The second-order valence-corrected chi connectivity index (χ2v) is 8.25. The Hall–Kier alpha value is -5.10. The highest BCUT2D eigenvalue weighted by Gasteiger charge is 2.22. The smallest absolute Gasteiger partial charge is 0.323 e. The second kappa shape index (κ2) is 9.64. The average Bonchev–Trinajstić information content (AvgIpc) is 3.17. The number of rotatable bonds is 0. The maximum absolute atomic E-state index is 11.8. The van der Waals surface area contributed by atoms with Crippen molar-refractivity contribution in [2.75, 3.05) is 9.80 Å². The molecule has 0 saturated heterocycles. The third-order valence-corrected chi connectivity index (χ3v) is 6.04. The SMILES string of the molecule is NC(=O)N1c2ccccc2C=Cc2ccccc21.NC(=O)N1c2ccccc2C=Cc2ccccc21. The fourth-order valence-electron chi connectivity index (χ4n) is 4.42. The molecule has 0 fully saturated rings. The molecule has 4 aromatic rings. The van der Waals surface area contributed by atoms with Crippen molar-refractivity contribution in [1.29, 1.82) is 0 Å². The van der Waals surface area contributed by atoms with Crippen LogP contribution in [0.1, 0.15) is 22.3 Å². The van der Waals surface area contributed by atoms with Gasteiger partial charge in [-0.3, -0.25) is 9.80 Å². The Bertz CT molecular complexity index is 1310. The molecule has 0 radical (unpaired) electrons. The van der Waals surface area contributed by atoms with E-state index in [1.807, 2.05) is 121 Å². The molecular weight excluding hydrogens is 448 g/mol. The summed E-state index contributed by atoms with van der Waals surface area (Å²) in [4.78, 5) is 26.6. The summed E-state index contributed by atoms with van der Waals surface area (Å²) in [6.07, 6.45) is 7.99. The van der Waals surface area contributed by atoms with Gasteiger partial charge in [0.15, 0.2) is 0 Å². The molecule has 2 aliphatic rings. The molecule has 4 aromatic carbocycles. The van der Waals surface area contributed by atoms with Gasteiger partial charge in [-0.25, -0.2) is 9.59 Å². The Morgan fingerprint density at radius 1 is 0.417 bits per heavy atom. The third-order valence-electron chi connectivity index (χ3n) is 6.04. The molecule has 0 atom stereocenters. The number of anilines is 4. The van der Waals surface area contributed by atoms with Crippen LogP contribution in [0.3, 0.4) is 0 Å². The molecule has 36 heavy (non-hydrogen) atoms. The van der Waals surface area contributed by atoms with E-state index < -0.39 is 12.1 Å². The van der Waals surface area contributed by atoms with Gasteiger partial charge in [-0.15, -0.1) is 0 Å². The van der Waals surface area contributed by atoms with Gasteiger partial charge in [-0.2, -0.15) is 0 Å². The van der Waals surface area contributed by atoms with Crippen molar-refractivity contribution in [3.63, 3.8) is 0 Å². The summed E-state index contributed by atoms with van der Waals surface area (Å²) in [6, 6.07) is 29.9. The lowest BCUT2D eigenvalue weighted by Crippen LogP contribution is -2.32. The van der Waals surface area contributed by atoms with Crippen LogP contribution >= 0.6 is 0 Å². The molecule has 4 amide bonds. The first-order chi connectivity index (χ1) is 17.5. The maximum Gasteiger partial charge on any atom is 0.323 e. The monoisotopic (exact) mass is 472 g/mol. The number of urea groups is 2. The van der Waals surface area contributed by atoms with E-state index in [1.165, 1.54) is 0 Å². The first-order valence-electron chi connectivity index (χ1n) is 11.5. The lowest BCUT2D eigenvalue weighted by atomic mass is 10.1. The largest absolute Gasteiger partial charge is 0.351 e. The number of benzene rings is 4. The van der Waals surface area contributed by atoms with Crippen LogP contribution < -0.4 is 21.3 Å². The van der Waals surface area contributed by atoms with Gasteiger partial charge in [0.25, 0.3) is 0 Å². The summed E-state index contributed by atoms with van der Waals surface area (Å²) >= 11 is 0. The van der Waals surface area contributed by atoms with Gasteiger partial charge in [-0.05, 0) is 46.5 Å². The van der Waals surface area contributed by atoms with Gasteiger partial charge in [0.1, 0.15) is 0 Å². The Kier molecular flexibility index (Phi) is 6.07. The molecule has 0 spiro atoms. The van der Waals surface area contributed by atoms with E-state index in [0.29, 0.717) is 0 Å². The maximum atomic E-state index is 11.8. The van der Waals surface area contributed by atoms with Crippen molar-refractivity contribution in [3.05, 3.63) is 119 Å². The molecule has 176 valence electrons. The van der Waals surface area contributed by atoms with Crippen LogP contribution in [0.4, 0.5) is 32.3 Å². The Morgan fingerprint density at radius 2 is 0.639 bits per heavy atom. The summed E-state index contributed by atoms with van der Waals surface area (Å²) in [7, 11) is 0. The molecular formula is C30H24N4O2. The summed E-state index contributed by atoms with van der Waals surface area (Å²) < 4.78 is 0. The van der Waals surface area contributed by atoms with Crippen LogP contribution in [0, 0.1) is 0 Å². The van der Waals surface area contributed by atoms with E-state index in [4.69, 9.17) is 11.5 Å². The van der Waals surface area contributed by atoms with Gasteiger partial charge in [0, 0.05) is 0 Å². The number of nitrogens with zero attached hydrogens (tertiary/aromatic N) is 2. The summed E-state index contributed by atoms with van der Waals surface area (Å²) in [5.74, 6) is 0. The first-order valence-corrected chi connectivity index (χ1v) is 11.5. The molecule has 6 rings (SSSR count). The van der Waals surface area contributed by atoms with Crippen LogP contribution in [-0.4, -0.2) is 12.1 Å². The van der Waals surface area contributed by atoms with E-state index in [2.05, 4.69) is 0 Å². The second-order valence-electron chi connectivity index (χ2n) is 8.25. The Balaban J connectivity index is 0.000000148. The molecule has 0 aromatic heterocycles. The standard InChI is InChI=1S/2C15H12N2O/c2*16-15(18)17-13-7-3-1-5-11(13)9-10-12-6-2-4-8-14(12)17/h2*1-10H,(H2,16,18). The number of fused-ring (bicyclic) bond motifs is 4. The number of primary amides is 2. The van der Waals surface area contributed by atoms with E-state index in [0.717, 1.165) is 45.0 Å². The van der Waals surface area contributed by atoms with Crippen molar-refractivity contribution in [3.8, 4) is 0 Å². The van der Waals surface area contributed by atoms with E-state index in [9.17, 15) is 9.59 Å². The van der Waals surface area contributed by atoms with Crippen LogP contribution in [0.15, 0.2) is 97.1 Å². The molecule has 4 N–H and O–H groups in total. The zero-order chi connectivity index (χ0) is 25.1. The predicted octanol–water partition coefficient (Wildman–Crippen LogP) is 6.77. The van der Waals surface area contributed by atoms with Crippen molar-refractivity contribution in [2.45, 2.75) is 0 Å². The van der Waals surface area contributed by atoms with Crippen LogP contribution in [0.5, 0.6) is 0 Å². The predicted molar refractivity (Wildman–Crippen MR) is 147 cm³/mol. The van der Waals surface area contributed by atoms with Crippen LogP contribution in [0.25, 0.3) is 24.3 Å². The number of carbonyl (C=O) groups is 2. The van der Waals surface area contributed by atoms with E-state index >= 15 is 0 Å². The zero-order valence-electron chi connectivity index (χ0n) is 19.4. The summed E-state index contributed by atoms with van der Waals surface area (Å²) in [5.41, 5.74) is 18.2. The Morgan fingerprint density at radius 3 is 0.861 bits per heavy atom. The minimum absolute atomic E-state index is 0.474. The van der Waals surface area contributed by atoms with Gasteiger partial charge in [0.05, 0.1) is 22.7 Å². The highest BCUT2D eigenvalue weighted by Crippen LogP contribution is 2.37. The number of hydrogen-bond acceptors (Lipinski definition) is 2. The molecule has 0 bridgehead atoms. The molecule has 6 nitrogen and oxygen atoms in total. The molecule has 2 aliphatic heterocycles. The van der Waals surface area contributed by atoms with Gasteiger partial charge < -0.3 is 11.5 Å². The number of nitrogens with two attached hydrogens (primary N) is 2. The van der Waals surface area contributed by atoms with Gasteiger partial charge in [0.2, 0.25) is 0 Å². The number of para-hydroxylation sites is 4. The zero-order valence-corrected chi connectivity index (χ0v) is 19.4. The normalized spacial score (nSPS) is 12.6. The first kappa shape index (κ1) is 22.7. The van der Waals surface area contributed by atoms with Crippen molar-refractivity contribution >= 4 is 59.1 Å². The summed E-state index contributed by atoms with van der Waals surface area (Å²) in [6.45, 7) is 0. The fraction of sp³-hybridized carbons (Fsp3) is 0. The molecule has 0 saturated carbocycles. The quantitative estimate of drug-likeness (QED) is 0.295. The van der Waals surface area contributed by atoms with Crippen molar-refractivity contribution < 1.29 is 9.59 Å².